The molecule has 0 fully saturated rings. The Labute approximate surface area is 64.6 Å². The van der Waals surface area contributed by atoms with Gasteiger partial charge in [-0.15, -0.1) is 0 Å². The fourth-order valence-corrected chi connectivity index (χ4v) is 0.871. The molecule has 0 saturated heterocycles. The molecule has 11 heavy (non-hydrogen) atoms. The number of hydrogen-bond acceptors (Lipinski definition) is 4. The van der Waals surface area contributed by atoms with Crippen LogP contribution in [0.1, 0.15) is 17.2 Å². The van der Waals surface area contributed by atoms with E-state index in [1.54, 1.807) is 13.0 Å². The van der Waals surface area contributed by atoms with Crippen molar-refractivity contribution in [3.63, 3.8) is 0 Å². The molecule has 0 aliphatic rings. The van der Waals surface area contributed by atoms with E-state index in [-0.39, 0.29) is 0 Å². The first-order chi connectivity index (χ1) is 5.22. The summed E-state index contributed by atoms with van der Waals surface area (Å²) in [4.78, 5) is 8.07. The molecule has 1 heterocycles. The van der Waals surface area contributed by atoms with Crippen molar-refractivity contribution < 1.29 is 5.21 Å². The van der Waals surface area contributed by atoms with Crippen LogP contribution in [0.2, 0.25) is 0 Å². The Bertz CT molecular complexity index is 263. The van der Waals surface area contributed by atoms with Crippen LogP contribution in [0, 0.1) is 13.8 Å². The van der Waals surface area contributed by atoms with Crippen LogP contribution >= 0.6 is 0 Å². The molecule has 0 amide bonds. The summed E-state index contributed by atoms with van der Waals surface area (Å²) in [5, 5.41) is 11.1. The third kappa shape index (κ3) is 2.00. The van der Waals surface area contributed by atoms with Gasteiger partial charge in [0.25, 0.3) is 0 Å². The van der Waals surface area contributed by atoms with Gasteiger partial charge in [-0.1, -0.05) is 5.16 Å². The molecule has 0 radical (unpaired) electrons. The number of nitrogens with zero attached hydrogens (tertiary/aromatic N) is 3. The Balaban J connectivity index is 3.08. The molecule has 1 N–H and O–H groups in total. The zero-order valence-corrected chi connectivity index (χ0v) is 6.44. The third-order valence-electron chi connectivity index (χ3n) is 1.18. The van der Waals surface area contributed by atoms with Crippen LogP contribution < -0.4 is 0 Å². The topological polar surface area (TPSA) is 58.4 Å². The van der Waals surface area contributed by atoms with Crippen molar-refractivity contribution in [1.82, 2.24) is 9.97 Å². The van der Waals surface area contributed by atoms with Gasteiger partial charge >= 0.3 is 0 Å². The van der Waals surface area contributed by atoms with Crippen molar-refractivity contribution in [2.45, 2.75) is 13.8 Å². The Kier molecular flexibility index (Phi) is 2.15. The quantitative estimate of drug-likeness (QED) is 0.368. The normalized spacial score (nSPS) is 10.7. The van der Waals surface area contributed by atoms with E-state index in [1.807, 2.05) is 6.92 Å². The SMILES string of the molecule is Cc1cc(/C=N/O)nc(C)n1. The van der Waals surface area contributed by atoms with E-state index in [0.717, 1.165) is 5.69 Å². The second-order valence-corrected chi connectivity index (χ2v) is 2.23. The van der Waals surface area contributed by atoms with E-state index in [9.17, 15) is 0 Å². The number of aromatic nitrogens is 2. The van der Waals surface area contributed by atoms with E-state index in [1.165, 1.54) is 6.21 Å². The smallest absolute Gasteiger partial charge is 0.126 e. The lowest BCUT2D eigenvalue weighted by molar-refractivity contribution is 0.321. The molecule has 4 heteroatoms. The van der Waals surface area contributed by atoms with Crippen LogP contribution in [0.15, 0.2) is 11.2 Å². The summed E-state index contributed by atoms with van der Waals surface area (Å²) in [5.41, 5.74) is 1.49. The monoisotopic (exact) mass is 151 g/mol. The summed E-state index contributed by atoms with van der Waals surface area (Å²) < 4.78 is 0. The highest BCUT2D eigenvalue weighted by molar-refractivity contribution is 5.76. The molecule has 0 unspecified atom stereocenters. The summed E-state index contributed by atoms with van der Waals surface area (Å²) in [7, 11) is 0. The van der Waals surface area contributed by atoms with Crippen molar-refractivity contribution in [2.75, 3.05) is 0 Å². The number of oxime groups is 1. The van der Waals surface area contributed by atoms with Gasteiger partial charge in [-0.3, -0.25) is 0 Å². The molecule has 0 aromatic carbocycles. The highest BCUT2D eigenvalue weighted by atomic mass is 16.4. The minimum Gasteiger partial charge on any atom is -0.411 e. The molecule has 0 spiro atoms. The molecule has 0 saturated carbocycles. The lowest BCUT2D eigenvalue weighted by atomic mass is 10.3. The third-order valence-corrected chi connectivity index (χ3v) is 1.18. The molecule has 1 rings (SSSR count). The molecule has 1 aromatic heterocycles. The Morgan fingerprint density at radius 2 is 2.18 bits per heavy atom. The zero-order chi connectivity index (χ0) is 8.27. The summed E-state index contributed by atoms with van der Waals surface area (Å²) in [5.74, 6) is 0.680. The minimum absolute atomic E-state index is 0.623. The molecule has 58 valence electrons. The van der Waals surface area contributed by atoms with Crippen LogP contribution in [0.4, 0.5) is 0 Å². The molecular weight excluding hydrogens is 142 g/mol. The van der Waals surface area contributed by atoms with E-state index >= 15 is 0 Å². The predicted octanol–water partition coefficient (Wildman–Crippen LogP) is 0.902. The fourth-order valence-electron chi connectivity index (χ4n) is 0.871. The molecule has 1 aromatic rings. The van der Waals surface area contributed by atoms with Gasteiger partial charge in [0.2, 0.25) is 0 Å². The Morgan fingerprint density at radius 1 is 1.45 bits per heavy atom. The van der Waals surface area contributed by atoms with Crippen LogP contribution in [-0.4, -0.2) is 21.4 Å². The van der Waals surface area contributed by atoms with Gasteiger partial charge in [-0.05, 0) is 19.9 Å². The number of aryl methyl sites for hydroxylation is 2. The van der Waals surface area contributed by atoms with Crippen molar-refractivity contribution >= 4 is 6.21 Å². The second kappa shape index (κ2) is 3.09. The lowest BCUT2D eigenvalue weighted by Crippen LogP contribution is -1.95. The van der Waals surface area contributed by atoms with Crippen molar-refractivity contribution in [1.29, 1.82) is 0 Å². The van der Waals surface area contributed by atoms with Gasteiger partial charge in [0.05, 0.1) is 11.9 Å². The highest BCUT2D eigenvalue weighted by Gasteiger charge is 1.94. The molecule has 0 atom stereocenters. The maximum absolute atomic E-state index is 8.21. The maximum Gasteiger partial charge on any atom is 0.126 e. The Hall–Kier alpha value is -1.45. The number of hydrogen-bond donors (Lipinski definition) is 1. The van der Waals surface area contributed by atoms with Crippen LogP contribution in [-0.2, 0) is 0 Å². The molecule has 0 aliphatic carbocycles. The summed E-state index contributed by atoms with van der Waals surface area (Å²) >= 11 is 0. The van der Waals surface area contributed by atoms with Crippen LogP contribution in [0.3, 0.4) is 0 Å². The average molecular weight is 151 g/mol. The first-order valence-electron chi connectivity index (χ1n) is 3.22. The highest BCUT2D eigenvalue weighted by Crippen LogP contribution is 1.96. The summed E-state index contributed by atoms with van der Waals surface area (Å²) in [6.45, 7) is 3.66. The molecule has 0 aliphatic heterocycles. The predicted molar refractivity (Wildman–Crippen MR) is 40.9 cm³/mol. The Morgan fingerprint density at radius 3 is 2.73 bits per heavy atom. The maximum atomic E-state index is 8.21. The summed E-state index contributed by atoms with van der Waals surface area (Å²) in [6, 6.07) is 1.74. The van der Waals surface area contributed by atoms with Gasteiger partial charge < -0.3 is 5.21 Å². The lowest BCUT2D eigenvalue weighted by Gasteiger charge is -1.95. The van der Waals surface area contributed by atoms with Gasteiger partial charge in [0, 0.05) is 5.69 Å². The molecule has 0 bridgehead atoms. The van der Waals surface area contributed by atoms with Crippen LogP contribution in [0.25, 0.3) is 0 Å². The first-order valence-corrected chi connectivity index (χ1v) is 3.22. The standard InChI is InChI=1S/C7H9N3O/c1-5-3-7(4-8-11)10-6(2)9-5/h3-4,11H,1-2H3/b8-4+. The second-order valence-electron chi connectivity index (χ2n) is 2.23. The van der Waals surface area contributed by atoms with Crippen molar-refractivity contribution in [3.8, 4) is 0 Å². The zero-order valence-electron chi connectivity index (χ0n) is 6.44. The largest absolute Gasteiger partial charge is 0.411 e. The van der Waals surface area contributed by atoms with Gasteiger partial charge in [0.1, 0.15) is 5.82 Å². The van der Waals surface area contributed by atoms with Crippen molar-refractivity contribution in [2.24, 2.45) is 5.16 Å². The number of rotatable bonds is 1. The van der Waals surface area contributed by atoms with Gasteiger partial charge in [-0.25, -0.2) is 9.97 Å². The summed E-state index contributed by atoms with van der Waals surface area (Å²) in [6.07, 6.45) is 1.28. The van der Waals surface area contributed by atoms with Gasteiger partial charge in [-0.2, -0.15) is 0 Å². The molecule has 4 nitrogen and oxygen atoms in total. The first kappa shape index (κ1) is 7.65. The van der Waals surface area contributed by atoms with E-state index in [2.05, 4.69) is 15.1 Å². The van der Waals surface area contributed by atoms with E-state index in [0.29, 0.717) is 11.5 Å². The average Bonchev–Trinajstić information content (AvgIpc) is 1.85. The van der Waals surface area contributed by atoms with Crippen LogP contribution in [0.5, 0.6) is 0 Å². The molecular formula is C7H9N3O. The van der Waals surface area contributed by atoms with E-state index in [4.69, 9.17) is 5.21 Å². The van der Waals surface area contributed by atoms with Gasteiger partial charge in [0.15, 0.2) is 0 Å². The van der Waals surface area contributed by atoms with E-state index < -0.39 is 0 Å². The van der Waals surface area contributed by atoms with Crippen molar-refractivity contribution in [3.05, 3.63) is 23.3 Å². The minimum atomic E-state index is 0.623. The fraction of sp³-hybridized carbons (Fsp3) is 0.286.